The second kappa shape index (κ2) is 3.97. The number of imidazole rings is 1. The van der Waals surface area contributed by atoms with Gasteiger partial charge in [0, 0.05) is 18.0 Å². The summed E-state index contributed by atoms with van der Waals surface area (Å²) in [6.07, 6.45) is 3.67. The number of halogens is 1. The lowest BCUT2D eigenvalue weighted by Gasteiger charge is -2.23. The number of benzene rings is 1. The third-order valence-corrected chi connectivity index (χ3v) is 4.79. The fourth-order valence-electron chi connectivity index (χ4n) is 3.23. The number of nitrogens with zero attached hydrogens (tertiary/aromatic N) is 2. The van der Waals surface area contributed by atoms with Crippen molar-refractivity contribution in [2.24, 2.45) is 0 Å². The van der Waals surface area contributed by atoms with Crippen LogP contribution in [0.1, 0.15) is 38.1 Å². The van der Waals surface area contributed by atoms with Crippen molar-refractivity contribution < 1.29 is 0 Å². The molecule has 0 bridgehead atoms. The molecule has 2 heterocycles. The Balaban J connectivity index is 1.99. The predicted octanol–water partition coefficient (Wildman–Crippen LogP) is 3.28. The average Bonchev–Trinajstić information content (AvgIpc) is 3.00. The minimum atomic E-state index is 0.144. The van der Waals surface area contributed by atoms with Gasteiger partial charge in [-0.1, -0.05) is 24.6 Å². The Morgan fingerprint density at radius 1 is 1.42 bits per heavy atom. The van der Waals surface area contributed by atoms with Crippen LogP contribution in [-0.4, -0.2) is 22.6 Å². The summed E-state index contributed by atoms with van der Waals surface area (Å²) in [4.78, 5) is 4.93. The van der Waals surface area contributed by atoms with E-state index in [1.54, 1.807) is 0 Å². The number of hydrogen-bond acceptors (Lipinski definition) is 2. The molecule has 100 valence electrons. The second-order valence-corrected chi connectivity index (χ2v) is 6.54. The summed E-state index contributed by atoms with van der Waals surface area (Å²) in [6.45, 7) is 4.42. The molecule has 1 aromatic carbocycles. The minimum absolute atomic E-state index is 0.144. The maximum Gasteiger partial charge on any atom is 0.117 e. The highest BCUT2D eigenvalue weighted by molar-refractivity contribution is 6.35. The van der Waals surface area contributed by atoms with Crippen LogP contribution in [0.3, 0.4) is 0 Å². The van der Waals surface area contributed by atoms with Crippen molar-refractivity contribution in [2.75, 3.05) is 13.1 Å². The standard InChI is InChI=1S/C15H18ClN3/c1-15(7-8-17-9-15)14-18-12-4-2-3-11(16)13(12)19(14)10-5-6-10/h2-4,10,17H,5-9H2,1H3. The molecule has 4 heteroatoms. The molecule has 0 spiro atoms. The Kier molecular flexibility index (Phi) is 2.45. The van der Waals surface area contributed by atoms with E-state index in [2.05, 4.69) is 22.9 Å². The lowest BCUT2D eigenvalue weighted by Crippen LogP contribution is -2.29. The molecule has 2 aromatic rings. The van der Waals surface area contributed by atoms with Crippen LogP contribution in [0.25, 0.3) is 11.0 Å². The molecule has 0 amide bonds. The van der Waals surface area contributed by atoms with E-state index >= 15 is 0 Å². The van der Waals surface area contributed by atoms with Gasteiger partial charge in [0.15, 0.2) is 0 Å². The summed E-state index contributed by atoms with van der Waals surface area (Å²) >= 11 is 6.42. The summed E-state index contributed by atoms with van der Waals surface area (Å²) in [6, 6.07) is 6.66. The summed E-state index contributed by atoms with van der Waals surface area (Å²) in [7, 11) is 0. The number of rotatable bonds is 2. The first-order valence-electron chi connectivity index (χ1n) is 7.07. The van der Waals surface area contributed by atoms with E-state index in [1.165, 1.54) is 18.7 Å². The molecule has 1 N–H and O–H groups in total. The van der Waals surface area contributed by atoms with Crippen LogP contribution in [-0.2, 0) is 5.41 Å². The molecule has 1 atom stereocenters. The van der Waals surface area contributed by atoms with Crippen LogP contribution >= 0.6 is 11.6 Å². The van der Waals surface area contributed by atoms with E-state index in [1.807, 2.05) is 12.1 Å². The first kappa shape index (κ1) is 11.7. The van der Waals surface area contributed by atoms with E-state index in [0.29, 0.717) is 6.04 Å². The zero-order chi connectivity index (χ0) is 13.0. The van der Waals surface area contributed by atoms with Crippen molar-refractivity contribution in [3.05, 3.63) is 29.0 Å². The maximum atomic E-state index is 6.42. The van der Waals surface area contributed by atoms with Crippen molar-refractivity contribution in [1.29, 1.82) is 0 Å². The highest BCUT2D eigenvalue weighted by Gasteiger charge is 2.39. The molecule has 1 aliphatic heterocycles. The van der Waals surface area contributed by atoms with Gasteiger partial charge in [0.25, 0.3) is 0 Å². The van der Waals surface area contributed by atoms with Gasteiger partial charge in [0.2, 0.25) is 0 Å². The Bertz CT molecular complexity index is 636. The van der Waals surface area contributed by atoms with E-state index in [4.69, 9.17) is 16.6 Å². The maximum absolute atomic E-state index is 6.42. The zero-order valence-corrected chi connectivity index (χ0v) is 11.9. The number of aromatic nitrogens is 2. The minimum Gasteiger partial charge on any atom is -0.323 e. The van der Waals surface area contributed by atoms with Crippen molar-refractivity contribution in [3.8, 4) is 0 Å². The SMILES string of the molecule is CC1(c2nc3cccc(Cl)c3n2C2CC2)CCNC1. The smallest absolute Gasteiger partial charge is 0.117 e. The number of hydrogen-bond donors (Lipinski definition) is 1. The normalized spacial score (nSPS) is 27.3. The fraction of sp³-hybridized carbons (Fsp3) is 0.533. The summed E-state index contributed by atoms with van der Waals surface area (Å²) in [5.74, 6) is 1.23. The molecule has 2 aliphatic rings. The lowest BCUT2D eigenvalue weighted by molar-refractivity contribution is 0.462. The van der Waals surface area contributed by atoms with Crippen LogP contribution < -0.4 is 5.32 Å². The average molecular weight is 276 g/mol. The highest BCUT2D eigenvalue weighted by Crippen LogP contribution is 2.44. The van der Waals surface area contributed by atoms with Gasteiger partial charge in [-0.2, -0.15) is 0 Å². The molecular formula is C15H18ClN3. The quantitative estimate of drug-likeness (QED) is 0.912. The molecule has 1 aliphatic carbocycles. The van der Waals surface area contributed by atoms with Gasteiger partial charge in [-0.15, -0.1) is 0 Å². The Hall–Kier alpha value is -1.06. The van der Waals surface area contributed by atoms with Gasteiger partial charge in [0.1, 0.15) is 5.82 Å². The zero-order valence-electron chi connectivity index (χ0n) is 11.1. The Morgan fingerprint density at radius 2 is 2.26 bits per heavy atom. The molecular weight excluding hydrogens is 258 g/mol. The molecule has 4 rings (SSSR count). The van der Waals surface area contributed by atoms with E-state index in [-0.39, 0.29) is 5.41 Å². The van der Waals surface area contributed by atoms with Gasteiger partial charge < -0.3 is 9.88 Å². The van der Waals surface area contributed by atoms with Gasteiger partial charge in [-0.3, -0.25) is 0 Å². The first-order valence-corrected chi connectivity index (χ1v) is 7.44. The van der Waals surface area contributed by atoms with Crippen LogP contribution in [0.2, 0.25) is 5.02 Å². The Labute approximate surface area is 118 Å². The molecule has 1 saturated carbocycles. The molecule has 19 heavy (non-hydrogen) atoms. The highest BCUT2D eigenvalue weighted by atomic mass is 35.5. The van der Waals surface area contributed by atoms with Crippen LogP contribution in [0, 0.1) is 0 Å². The second-order valence-electron chi connectivity index (χ2n) is 6.13. The van der Waals surface area contributed by atoms with Gasteiger partial charge in [-0.25, -0.2) is 4.98 Å². The molecule has 3 nitrogen and oxygen atoms in total. The number of nitrogens with one attached hydrogen (secondary N) is 1. The van der Waals surface area contributed by atoms with E-state index < -0.39 is 0 Å². The molecule has 0 radical (unpaired) electrons. The molecule has 1 aromatic heterocycles. The van der Waals surface area contributed by atoms with Gasteiger partial charge >= 0.3 is 0 Å². The van der Waals surface area contributed by atoms with Crippen molar-refractivity contribution in [3.63, 3.8) is 0 Å². The first-order chi connectivity index (χ1) is 9.19. The van der Waals surface area contributed by atoms with E-state index in [0.717, 1.165) is 35.6 Å². The summed E-state index contributed by atoms with van der Waals surface area (Å²) in [5.41, 5.74) is 2.32. The topological polar surface area (TPSA) is 29.9 Å². The van der Waals surface area contributed by atoms with E-state index in [9.17, 15) is 0 Å². The monoisotopic (exact) mass is 275 g/mol. The van der Waals surface area contributed by atoms with Crippen LogP contribution in [0.15, 0.2) is 18.2 Å². The van der Waals surface area contributed by atoms with Crippen molar-refractivity contribution in [1.82, 2.24) is 14.9 Å². The Morgan fingerprint density at radius 3 is 2.95 bits per heavy atom. The molecule has 1 saturated heterocycles. The molecule has 2 fully saturated rings. The number of para-hydroxylation sites is 1. The lowest BCUT2D eigenvalue weighted by atomic mass is 9.88. The fourth-order valence-corrected chi connectivity index (χ4v) is 3.49. The van der Waals surface area contributed by atoms with Gasteiger partial charge in [0.05, 0.1) is 16.1 Å². The van der Waals surface area contributed by atoms with Gasteiger partial charge in [-0.05, 0) is 37.9 Å². The third-order valence-electron chi connectivity index (χ3n) is 4.48. The van der Waals surface area contributed by atoms with Crippen LogP contribution in [0.4, 0.5) is 0 Å². The largest absolute Gasteiger partial charge is 0.323 e. The summed E-state index contributed by atoms with van der Waals surface area (Å²) < 4.78 is 2.42. The van der Waals surface area contributed by atoms with Crippen molar-refractivity contribution >= 4 is 22.6 Å². The number of fused-ring (bicyclic) bond motifs is 1. The van der Waals surface area contributed by atoms with Crippen molar-refractivity contribution in [2.45, 2.75) is 37.6 Å². The predicted molar refractivity (Wildman–Crippen MR) is 77.9 cm³/mol. The third kappa shape index (κ3) is 1.72. The summed E-state index contributed by atoms with van der Waals surface area (Å²) in [5, 5.41) is 4.30. The molecule has 1 unspecified atom stereocenters. The van der Waals surface area contributed by atoms with Crippen LogP contribution in [0.5, 0.6) is 0 Å².